The van der Waals surface area contributed by atoms with Crippen LogP contribution in [0.4, 0.5) is 5.69 Å². The molecule has 4 nitrogen and oxygen atoms in total. The smallest absolute Gasteiger partial charge is 0.280 e. The average molecular weight is 437 g/mol. The Balaban J connectivity index is 1.57. The molecule has 0 bridgehead atoms. The molecule has 0 saturated heterocycles. The van der Waals surface area contributed by atoms with Crippen molar-refractivity contribution in [2.24, 2.45) is 5.10 Å². The van der Waals surface area contributed by atoms with E-state index in [9.17, 15) is 4.79 Å². The van der Waals surface area contributed by atoms with E-state index >= 15 is 0 Å². The van der Waals surface area contributed by atoms with Gasteiger partial charge in [-0.05, 0) is 48.4 Å². The summed E-state index contributed by atoms with van der Waals surface area (Å²) in [7, 11) is 0. The normalized spacial score (nSPS) is 14.9. The molecule has 0 saturated carbocycles. The number of hydrogen-bond donors (Lipinski definition) is 0. The van der Waals surface area contributed by atoms with Crippen LogP contribution in [0.25, 0.3) is 6.08 Å². The maximum atomic E-state index is 12.9. The Bertz CT molecular complexity index is 1120. The van der Waals surface area contributed by atoms with Crippen LogP contribution in [0.2, 0.25) is 10.0 Å². The molecule has 1 aliphatic rings. The van der Waals surface area contributed by atoms with E-state index in [2.05, 4.69) is 5.10 Å². The number of hydrogen-bond acceptors (Lipinski definition) is 3. The van der Waals surface area contributed by atoms with Gasteiger partial charge in [0.05, 0.1) is 27.0 Å². The molecule has 3 aromatic rings. The molecule has 1 aliphatic heterocycles. The number of para-hydroxylation sites is 1. The third kappa shape index (κ3) is 4.25. The molecule has 0 spiro atoms. The van der Waals surface area contributed by atoms with Gasteiger partial charge in [0.25, 0.3) is 5.91 Å². The minimum Gasteiger partial charge on any atom is -0.486 e. The zero-order valence-electron chi connectivity index (χ0n) is 16.2. The number of amides is 1. The quantitative estimate of drug-likeness (QED) is 0.435. The number of nitrogens with zero attached hydrogens (tertiary/aromatic N) is 2. The molecule has 0 fully saturated rings. The molecule has 150 valence electrons. The molecule has 3 aromatic carbocycles. The standard InChI is InChI=1S/C24H18Cl2N2O2/c1-16-20(24(29)28(27-16)19-10-6-3-7-11-19)12-18-13-21(25)23(22(26)14-18)30-15-17-8-4-2-5-9-17/h2-14H,15H2,1H3/b20-12+. The Morgan fingerprint density at radius 1 is 0.967 bits per heavy atom. The Morgan fingerprint density at radius 2 is 1.57 bits per heavy atom. The zero-order valence-corrected chi connectivity index (χ0v) is 17.7. The lowest BCUT2D eigenvalue weighted by Crippen LogP contribution is -2.21. The Hall–Kier alpha value is -3.08. The average Bonchev–Trinajstić information content (AvgIpc) is 3.03. The van der Waals surface area contributed by atoms with Crippen molar-refractivity contribution in [2.75, 3.05) is 5.01 Å². The summed E-state index contributed by atoms with van der Waals surface area (Å²) in [6.45, 7) is 2.16. The van der Waals surface area contributed by atoms with Gasteiger partial charge in [0, 0.05) is 0 Å². The first kappa shape index (κ1) is 20.2. The second-order valence-electron chi connectivity index (χ2n) is 6.78. The van der Waals surface area contributed by atoms with Crippen molar-refractivity contribution in [1.29, 1.82) is 0 Å². The minimum absolute atomic E-state index is 0.199. The molecule has 0 N–H and O–H groups in total. The fraction of sp³-hybridized carbons (Fsp3) is 0.0833. The first-order valence-corrected chi connectivity index (χ1v) is 10.1. The van der Waals surface area contributed by atoms with Gasteiger partial charge in [-0.1, -0.05) is 71.7 Å². The summed E-state index contributed by atoms with van der Waals surface area (Å²) in [5.41, 5.74) is 3.54. The van der Waals surface area contributed by atoms with Crippen LogP contribution in [0.5, 0.6) is 5.75 Å². The second-order valence-corrected chi connectivity index (χ2v) is 7.60. The van der Waals surface area contributed by atoms with Crippen LogP contribution in [0, 0.1) is 0 Å². The van der Waals surface area contributed by atoms with E-state index in [0.29, 0.717) is 44.9 Å². The van der Waals surface area contributed by atoms with Gasteiger partial charge in [0.2, 0.25) is 0 Å². The third-order valence-corrected chi connectivity index (χ3v) is 5.18. The topological polar surface area (TPSA) is 41.9 Å². The van der Waals surface area contributed by atoms with Crippen LogP contribution in [-0.2, 0) is 11.4 Å². The fourth-order valence-electron chi connectivity index (χ4n) is 3.13. The van der Waals surface area contributed by atoms with Gasteiger partial charge < -0.3 is 4.74 Å². The zero-order chi connectivity index (χ0) is 21.1. The highest BCUT2D eigenvalue weighted by atomic mass is 35.5. The SMILES string of the molecule is CC1=NN(c2ccccc2)C(=O)/C1=C/c1cc(Cl)c(OCc2ccccc2)c(Cl)c1. The van der Waals surface area contributed by atoms with Crippen molar-refractivity contribution >= 4 is 46.6 Å². The van der Waals surface area contributed by atoms with Gasteiger partial charge >= 0.3 is 0 Å². The number of anilines is 1. The maximum Gasteiger partial charge on any atom is 0.280 e. The first-order valence-electron chi connectivity index (χ1n) is 9.35. The maximum absolute atomic E-state index is 12.9. The van der Waals surface area contributed by atoms with E-state index in [-0.39, 0.29) is 5.91 Å². The molecule has 30 heavy (non-hydrogen) atoms. The Morgan fingerprint density at radius 3 is 2.20 bits per heavy atom. The molecule has 0 radical (unpaired) electrons. The summed E-state index contributed by atoms with van der Waals surface area (Å²) in [5, 5.41) is 6.53. The van der Waals surface area contributed by atoms with Crippen LogP contribution in [0.3, 0.4) is 0 Å². The number of rotatable bonds is 5. The summed E-state index contributed by atoms with van der Waals surface area (Å²) < 4.78 is 5.81. The van der Waals surface area contributed by atoms with Gasteiger partial charge in [0.15, 0.2) is 5.75 Å². The van der Waals surface area contributed by atoms with Crippen LogP contribution < -0.4 is 9.75 Å². The predicted octanol–water partition coefficient (Wildman–Crippen LogP) is 6.38. The number of carbonyl (C=O) groups excluding carboxylic acids is 1. The lowest BCUT2D eigenvalue weighted by atomic mass is 10.1. The van der Waals surface area contributed by atoms with Crippen LogP contribution in [0.1, 0.15) is 18.1 Å². The van der Waals surface area contributed by atoms with Crippen LogP contribution in [0.15, 0.2) is 83.5 Å². The van der Waals surface area contributed by atoms with Gasteiger partial charge in [0.1, 0.15) is 6.61 Å². The van der Waals surface area contributed by atoms with E-state index in [1.54, 1.807) is 25.1 Å². The summed E-state index contributed by atoms with van der Waals surface area (Å²) in [4.78, 5) is 12.9. The van der Waals surface area contributed by atoms with Gasteiger partial charge in [-0.25, -0.2) is 0 Å². The Kier molecular flexibility index (Phi) is 5.88. The Labute approximate surface area is 185 Å². The number of ether oxygens (including phenoxy) is 1. The van der Waals surface area contributed by atoms with Crippen molar-refractivity contribution in [1.82, 2.24) is 0 Å². The largest absolute Gasteiger partial charge is 0.486 e. The number of carbonyl (C=O) groups is 1. The van der Waals surface area contributed by atoms with Crippen molar-refractivity contribution in [3.05, 3.63) is 99.5 Å². The molecule has 1 heterocycles. The molecule has 0 aliphatic carbocycles. The highest BCUT2D eigenvalue weighted by Crippen LogP contribution is 2.36. The molecule has 4 rings (SSSR count). The summed E-state index contributed by atoms with van der Waals surface area (Å²) in [5.74, 6) is 0.216. The lowest BCUT2D eigenvalue weighted by Gasteiger charge is -2.12. The summed E-state index contributed by atoms with van der Waals surface area (Å²) >= 11 is 12.8. The second kappa shape index (κ2) is 8.74. The number of hydrazone groups is 1. The fourth-order valence-corrected chi connectivity index (χ4v) is 3.74. The molecule has 0 aromatic heterocycles. The lowest BCUT2D eigenvalue weighted by molar-refractivity contribution is -0.114. The highest BCUT2D eigenvalue weighted by molar-refractivity contribution is 6.37. The highest BCUT2D eigenvalue weighted by Gasteiger charge is 2.28. The molecule has 1 amide bonds. The van der Waals surface area contributed by atoms with Crippen molar-refractivity contribution in [3.63, 3.8) is 0 Å². The third-order valence-electron chi connectivity index (χ3n) is 4.62. The number of halogens is 2. The number of benzene rings is 3. The minimum atomic E-state index is -0.199. The monoisotopic (exact) mass is 436 g/mol. The van der Waals surface area contributed by atoms with Gasteiger partial charge in [-0.15, -0.1) is 0 Å². The van der Waals surface area contributed by atoms with E-state index < -0.39 is 0 Å². The van der Waals surface area contributed by atoms with Gasteiger partial charge in [-0.2, -0.15) is 10.1 Å². The van der Waals surface area contributed by atoms with Gasteiger partial charge in [-0.3, -0.25) is 4.79 Å². The molecule has 6 heteroatoms. The molecule has 0 unspecified atom stereocenters. The predicted molar refractivity (Wildman–Crippen MR) is 122 cm³/mol. The molecular weight excluding hydrogens is 419 g/mol. The van der Waals surface area contributed by atoms with Crippen LogP contribution in [-0.4, -0.2) is 11.6 Å². The van der Waals surface area contributed by atoms with Crippen molar-refractivity contribution in [3.8, 4) is 5.75 Å². The summed E-state index contributed by atoms with van der Waals surface area (Å²) in [6.07, 6.45) is 1.74. The summed E-state index contributed by atoms with van der Waals surface area (Å²) in [6, 6.07) is 22.5. The van der Waals surface area contributed by atoms with E-state index in [1.165, 1.54) is 5.01 Å². The molecule has 0 atom stereocenters. The van der Waals surface area contributed by atoms with Crippen molar-refractivity contribution in [2.45, 2.75) is 13.5 Å². The molecular formula is C24H18Cl2N2O2. The first-order chi connectivity index (χ1) is 14.5. The van der Waals surface area contributed by atoms with Crippen molar-refractivity contribution < 1.29 is 9.53 Å². The van der Waals surface area contributed by atoms with E-state index in [4.69, 9.17) is 27.9 Å². The van der Waals surface area contributed by atoms with Crippen LogP contribution >= 0.6 is 23.2 Å². The van der Waals surface area contributed by atoms with E-state index in [0.717, 1.165) is 5.56 Å². The van der Waals surface area contributed by atoms with E-state index in [1.807, 2.05) is 60.7 Å².